The molecule has 0 aliphatic heterocycles. The van der Waals surface area contributed by atoms with Gasteiger partial charge in [0.25, 0.3) is 0 Å². The fourth-order valence-corrected chi connectivity index (χ4v) is 2.59. The van der Waals surface area contributed by atoms with Gasteiger partial charge in [-0.05, 0) is 0 Å². The van der Waals surface area contributed by atoms with Crippen molar-refractivity contribution in [3.63, 3.8) is 0 Å². The normalized spacial score (nSPS) is 28.6. The molecule has 0 fully saturated rings. The molecule has 0 amide bonds. The minimum Gasteiger partial charge on any atom is -1.00 e. The summed E-state index contributed by atoms with van der Waals surface area (Å²) in [7, 11) is 0. The van der Waals surface area contributed by atoms with Crippen molar-refractivity contribution >= 4 is 5.43 Å². The van der Waals surface area contributed by atoms with Gasteiger partial charge in [-0.15, -0.1) is 0 Å². The molecular formula is C18H32Cl2SiZr-2. The summed E-state index contributed by atoms with van der Waals surface area (Å²) in [5, 5.41) is 0. The first-order valence-electron chi connectivity index (χ1n) is 7.85. The van der Waals surface area contributed by atoms with Crippen molar-refractivity contribution in [2.75, 3.05) is 0 Å². The molecule has 0 saturated carbocycles. The molecule has 2 aliphatic rings. The monoisotopic (exact) mass is 436 g/mol. The molecule has 0 N–H and O–H groups in total. The van der Waals surface area contributed by atoms with Crippen molar-refractivity contribution in [2.45, 2.75) is 67.5 Å². The Hall–Kier alpha value is 1.16. The molecule has 0 aromatic carbocycles. The second kappa shape index (κ2) is 14.5. The quantitative estimate of drug-likeness (QED) is 0.357. The first kappa shape index (κ1) is 28.0. The Morgan fingerprint density at radius 2 is 1.05 bits per heavy atom. The third kappa shape index (κ3) is 13.6. The van der Waals surface area contributed by atoms with E-state index in [1.54, 1.807) is 23.3 Å². The summed E-state index contributed by atoms with van der Waals surface area (Å²) in [6.07, 6.45) is 9.39. The van der Waals surface area contributed by atoms with E-state index >= 15 is 0 Å². The average Bonchev–Trinajstić information content (AvgIpc) is 2.70. The van der Waals surface area contributed by atoms with E-state index in [0.717, 1.165) is 11.8 Å². The molecule has 22 heavy (non-hydrogen) atoms. The van der Waals surface area contributed by atoms with Gasteiger partial charge in [0.1, 0.15) is 0 Å². The molecule has 2 rings (SSSR count). The van der Waals surface area contributed by atoms with E-state index in [2.05, 4.69) is 66.8 Å². The number of allylic oxidation sites excluding steroid dienone is 4. The van der Waals surface area contributed by atoms with Gasteiger partial charge in [-0.3, -0.25) is 11.1 Å². The van der Waals surface area contributed by atoms with Crippen LogP contribution in [0.3, 0.4) is 0 Å². The second-order valence-corrected chi connectivity index (χ2v) is 16.1. The summed E-state index contributed by atoms with van der Waals surface area (Å²) in [5.41, 5.74) is 3.12. The predicted octanol–water partition coefficient (Wildman–Crippen LogP) is -0.384. The first-order chi connectivity index (χ1) is 9.13. The van der Waals surface area contributed by atoms with Gasteiger partial charge in [0, 0.05) is 0 Å². The molecule has 0 heterocycles. The zero-order chi connectivity index (χ0) is 15.9. The number of halogens is 2. The maximum absolute atomic E-state index is 3.38. The Morgan fingerprint density at radius 3 is 1.09 bits per heavy atom. The molecule has 0 aromatic heterocycles. The van der Waals surface area contributed by atoms with Gasteiger partial charge < -0.3 is 37.0 Å². The summed E-state index contributed by atoms with van der Waals surface area (Å²) in [6.45, 7) is 18.0. The van der Waals surface area contributed by atoms with Gasteiger partial charge in [-0.2, -0.15) is 11.8 Å². The van der Waals surface area contributed by atoms with E-state index in [1.165, 1.54) is 24.0 Å². The molecule has 4 atom stereocenters. The van der Waals surface area contributed by atoms with E-state index in [0.29, 0.717) is 11.8 Å². The van der Waals surface area contributed by atoms with Gasteiger partial charge in [0.2, 0.25) is 0 Å². The van der Waals surface area contributed by atoms with Crippen LogP contribution in [0.1, 0.15) is 54.4 Å². The topological polar surface area (TPSA) is 0 Å². The molecule has 4 unspecified atom stereocenters. The second-order valence-electron chi connectivity index (χ2n) is 6.73. The van der Waals surface area contributed by atoms with Crippen LogP contribution < -0.4 is 24.8 Å². The summed E-state index contributed by atoms with van der Waals surface area (Å²) in [4.78, 5) is 0. The maximum Gasteiger partial charge on any atom is -1.00 e. The Bertz CT molecular complexity index is 343. The first-order valence-corrected chi connectivity index (χ1v) is 14.0. The van der Waals surface area contributed by atoms with Crippen LogP contribution in [-0.4, -0.2) is 5.43 Å². The fourth-order valence-electron chi connectivity index (χ4n) is 2.59. The Morgan fingerprint density at radius 1 is 0.818 bits per heavy atom. The van der Waals surface area contributed by atoms with Crippen molar-refractivity contribution in [1.29, 1.82) is 0 Å². The number of hydrogen-bond donors (Lipinski definition) is 0. The van der Waals surface area contributed by atoms with E-state index in [9.17, 15) is 0 Å². The van der Waals surface area contributed by atoms with Crippen LogP contribution in [0, 0.1) is 35.8 Å². The largest absolute Gasteiger partial charge is 1.00 e. The Kier molecular flexibility index (Phi) is 18.4. The van der Waals surface area contributed by atoms with E-state index in [4.69, 9.17) is 0 Å². The fraction of sp³-hybridized carbons (Fsp3) is 0.778. The van der Waals surface area contributed by atoms with E-state index in [1.807, 2.05) is 0 Å². The molecule has 0 saturated heterocycles. The van der Waals surface area contributed by atoms with Crippen LogP contribution in [0.15, 0.2) is 11.1 Å². The van der Waals surface area contributed by atoms with Crippen molar-refractivity contribution in [1.82, 2.24) is 0 Å². The van der Waals surface area contributed by atoms with Gasteiger partial charge in [-0.1, -0.05) is 66.2 Å². The molecule has 128 valence electrons. The van der Waals surface area contributed by atoms with Gasteiger partial charge in [0.15, 0.2) is 0 Å². The van der Waals surface area contributed by atoms with Crippen LogP contribution in [0.4, 0.5) is 0 Å². The van der Waals surface area contributed by atoms with Gasteiger partial charge >= 0.3 is 41.9 Å². The molecule has 0 aromatic rings. The summed E-state index contributed by atoms with van der Waals surface area (Å²) in [6, 6.07) is 0. The van der Waals surface area contributed by atoms with Crippen molar-refractivity contribution in [3.8, 4) is 0 Å². The summed E-state index contributed by atoms with van der Waals surface area (Å²) >= 11 is 1.74. The van der Waals surface area contributed by atoms with Gasteiger partial charge in [-0.25, -0.2) is 0 Å². The molecule has 0 nitrogen and oxygen atoms in total. The summed E-state index contributed by atoms with van der Waals surface area (Å²) in [5.74, 6) is 3.02. The van der Waals surface area contributed by atoms with Crippen LogP contribution in [0.25, 0.3) is 0 Å². The third-order valence-electron chi connectivity index (χ3n) is 3.84. The molecule has 4 heteroatoms. The molecule has 0 spiro atoms. The van der Waals surface area contributed by atoms with Crippen LogP contribution in [0.2, 0.25) is 13.1 Å². The number of rotatable bonds is 0. The zero-order valence-electron chi connectivity index (χ0n) is 15.5. The molecule has 2 aliphatic carbocycles. The van der Waals surface area contributed by atoms with Crippen molar-refractivity contribution in [3.05, 3.63) is 23.3 Å². The van der Waals surface area contributed by atoms with Crippen LogP contribution >= 0.6 is 0 Å². The minimum absolute atomic E-state index is 0. The minimum atomic E-state index is 0. The molecule has 0 radical (unpaired) electrons. The van der Waals surface area contributed by atoms with E-state index in [-0.39, 0.29) is 30.2 Å². The summed E-state index contributed by atoms with van der Waals surface area (Å²) < 4.78 is 0. The Labute approximate surface area is 167 Å². The smallest absolute Gasteiger partial charge is 1.00 e. The van der Waals surface area contributed by atoms with Gasteiger partial charge in [0.05, 0.1) is 0 Å². The van der Waals surface area contributed by atoms with Crippen molar-refractivity contribution < 1.29 is 48.1 Å². The molecular weight excluding hydrogens is 406 g/mol. The standard InChI is InChI=1S/2C8H13.C2H6Si.2ClH.Zr/c2*1-6-4-7(2)8(3)5-6;1-3-2;;;/h2*6-7H,4H2,1-3H3;1-2H3;2*1H;/q2*-1;;;;+2/p-2. The SMILES string of the molecule is CC1=[C-]C(C)CC1C.CC1=[C-]C(C)CC1C.C[Si](C)=[Zr+2].[Cl-].[Cl-]. The van der Waals surface area contributed by atoms with E-state index < -0.39 is 0 Å². The average molecular weight is 439 g/mol. The van der Waals surface area contributed by atoms with Crippen LogP contribution in [-0.2, 0) is 23.3 Å². The Balaban J connectivity index is -0.000000249. The predicted molar refractivity (Wildman–Crippen MR) is 88.2 cm³/mol. The van der Waals surface area contributed by atoms with Crippen LogP contribution in [0.5, 0.6) is 0 Å². The zero-order valence-corrected chi connectivity index (χ0v) is 20.4. The number of hydrogen-bond acceptors (Lipinski definition) is 0. The molecule has 0 bridgehead atoms. The maximum atomic E-state index is 3.38. The third-order valence-corrected chi connectivity index (χ3v) is 3.84. The van der Waals surface area contributed by atoms with Crippen molar-refractivity contribution in [2.24, 2.45) is 23.7 Å².